The third-order valence-electron chi connectivity index (χ3n) is 4.11. The molecule has 9 heteroatoms. The molecule has 2 rings (SSSR count). The average Bonchev–Trinajstić information content (AvgIpc) is 2.93. The number of rotatable bonds is 8. The molecule has 138 valence electrons. The number of benzene rings is 1. The van der Waals surface area contributed by atoms with Crippen LogP contribution in [-0.2, 0) is 14.6 Å². The first kappa shape index (κ1) is 19.2. The van der Waals surface area contributed by atoms with Gasteiger partial charge in [0.2, 0.25) is 0 Å². The molecule has 0 spiro atoms. The van der Waals surface area contributed by atoms with Gasteiger partial charge in [0.25, 0.3) is 11.6 Å². The lowest BCUT2D eigenvalue weighted by atomic mass is 10.2. The van der Waals surface area contributed by atoms with Crippen LogP contribution in [0.25, 0.3) is 0 Å². The van der Waals surface area contributed by atoms with Crippen LogP contribution in [0.4, 0.5) is 5.69 Å². The third-order valence-corrected chi connectivity index (χ3v) is 5.86. The van der Waals surface area contributed by atoms with Crippen LogP contribution in [-0.4, -0.2) is 54.8 Å². The van der Waals surface area contributed by atoms with E-state index in [9.17, 15) is 23.3 Å². The molecule has 1 aliphatic heterocycles. The number of non-ortho nitro benzene ring substituents is 1. The van der Waals surface area contributed by atoms with Gasteiger partial charge in [0.15, 0.2) is 16.4 Å². The summed E-state index contributed by atoms with van der Waals surface area (Å²) in [5.74, 6) is 0.0116. The molecule has 1 unspecified atom stereocenters. The zero-order valence-corrected chi connectivity index (χ0v) is 14.9. The standard InChI is InChI=1S/C16H22N2O6S/c1-2-3-8-17(14-7-9-25(22,23)12-14)16(19)11-24-15-6-4-5-13(10-15)18(20)21/h4-6,10,14H,2-3,7-9,11-12H2,1H3. The van der Waals surface area contributed by atoms with Gasteiger partial charge in [-0.1, -0.05) is 19.4 Å². The Bertz CT molecular complexity index is 734. The summed E-state index contributed by atoms with van der Waals surface area (Å²) in [6, 6.07) is 5.29. The van der Waals surface area contributed by atoms with E-state index in [-0.39, 0.29) is 41.5 Å². The molecule has 0 saturated carbocycles. The molecule has 0 N–H and O–H groups in total. The van der Waals surface area contributed by atoms with Crippen molar-refractivity contribution in [3.8, 4) is 5.75 Å². The van der Waals surface area contributed by atoms with Crippen molar-refractivity contribution < 1.29 is 22.9 Å². The molecular weight excluding hydrogens is 348 g/mol. The van der Waals surface area contributed by atoms with Crippen LogP contribution in [0.1, 0.15) is 26.2 Å². The highest BCUT2D eigenvalue weighted by molar-refractivity contribution is 7.91. The number of ether oxygens (including phenoxy) is 1. The van der Waals surface area contributed by atoms with E-state index >= 15 is 0 Å². The first-order chi connectivity index (χ1) is 11.8. The van der Waals surface area contributed by atoms with Crippen LogP contribution < -0.4 is 4.74 Å². The highest BCUT2D eigenvalue weighted by Crippen LogP contribution is 2.21. The minimum atomic E-state index is -3.09. The molecule has 1 aliphatic rings. The second-order valence-corrected chi connectivity index (χ2v) is 8.27. The number of nitro benzene ring substituents is 1. The topological polar surface area (TPSA) is 107 Å². The molecule has 1 heterocycles. The van der Waals surface area contributed by atoms with Gasteiger partial charge in [-0.15, -0.1) is 0 Å². The Morgan fingerprint density at radius 1 is 1.44 bits per heavy atom. The van der Waals surface area contributed by atoms with Crippen molar-refractivity contribution >= 4 is 21.4 Å². The van der Waals surface area contributed by atoms with Crippen molar-refractivity contribution in [2.24, 2.45) is 0 Å². The predicted molar refractivity (Wildman–Crippen MR) is 92.3 cm³/mol. The van der Waals surface area contributed by atoms with E-state index in [1.54, 1.807) is 4.90 Å². The van der Waals surface area contributed by atoms with E-state index in [0.29, 0.717) is 13.0 Å². The molecule has 8 nitrogen and oxygen atoms in total. The van der Waals surface area contributed by atoms with Crippen molar-refractivity contribution in [2.45, 2.75) is 32.2 Å². The van der Waals surface area contributed by atoms with Crippen LogP contribution in [0.15, 0.2) is 24.3 Å². The number of nitro groups is 1. The van der Waals surface area contributed by atoms with Crippen LogP contribution in [0.2, 0.25) is 0 Å². The summed E-state index contributed by atoms with van der Waals surface area (Å²) in [5.41, 5.74) is -0.116. The van der Waals surface area contributed by atoms with Crippen LogP contribution in [0.5, 0.6) is 5.75 Å². The Morgan fingerprint density at radius 3 is 2.80 bits per heavy atom. The normalized spacial score (nSPS) is 18.7. The Hall–Kier alpha value is -2.16. The third kappa shape index (κ3) is 5.42. The summed E-state index contributed by atoms with van der Waals surface area (Å²) < 4.78 is 28.8. The van der Waals surface area contributed by atoms with Crippen molar-refractivity contribution in [1.82, 2.24) is 4.90 Å². The monoisotopic (exact) mass is 370 g/mol. The van der Waals surface area contributed by atoms with Crippen LogP contribution in [0.3, 0.4) is 0 Å². The first-order valence-electron chi connectivity index (χ1n) is 8.19. The molecule has 1 aromatic carbocycles. The smallest absolute Gasteiger partial charge is 0.273 e. The molecule has 25 heavy (non-hydrogen) atoms. The zero-order valence-electron chi connectivity index (χ0n) is 14.1. The summed E-state index contributed by atoms with van der Waals surface area (Å²) in [4.78, 5) is 24.3. The molecule has 0 aliphatic carbocycles. The summed E-state index contributed by atoms with van der Waals surface area (Å²) in [7, 11) is -3.09. The Morgan fingerprint density at radius 2 is 2.20 bits per heavy atom. The number of sulfone groups is 1. The van der Waals surface area contributed by atoms with Gasteiger partial charge in [-0.3, -0.25) is 14.9 Å². The predicted octanol–water partition coefficient (Wildman–Crippen LogP) is 1.79. The minimum Gasteiger partial charge on any atom is -0.484 e. The van der Waals surface area contributed by atoms with E-state index in [2.05, 4.69) is 0 Å². The van der Waals surface area contributed by atoms with Crippen molar-refractivity contribution in [2.75, 3.05) is 24.7 Å². The second kappa shape index (κ2) is 8.28. The summed E-state index contributed by atoms with van der Waals surface area (Å²) in [5, 5.41) is 10.8. The quantitative estimate of drug-likeness (QED) is 0.510. The molecule has 1 atom stereocenters. The molecule has 1 saturated heterocycles. The molecule has 0 bridgehead atoms. The summed E-state index contributed by atoms with van der Waals surface area (Å²) in [6.45, 7) is 2.20. The largest absolute Gasteiger partial charge is 0.484 e. The van der Waals surface area contributed by atoms with Crippen LogP contribution >= 0.6 is 0 Å². The molecule has 1 amide bonds. The number of carbonyl (C=O) groups excluding carboxylic acids is 1. The lowest BCUT2D eigenvalue weighted by molar-refractivity contribution is -0.384. The fourth-order valence-corrected chi connectivity index (χ4v) is 4.51. The molecule has 1 aromatic rings. The van der Waals surface area contributed by atoms with Gasteiger partial charge >= 0.3 is 0 Å². The maximum absolute atomic E-state index is 12.5. The van der Waals surface area contributed by atoms with Gasteiger partial charge in [-0.05, 0) is 18.9 Å². The minimum absolute atomic E-state index is 0.0146. The second-order valence-electron chi connectivity index (χ2n) is 6.04. The lowest BCUT2D eigenvalue weighted by Gasteiger charge is -2.28. The number of amides is 1. The van der Waals surface area contributed by atoms with Crippen LogP contribution in [0, 0.1) is 10.1 Å². The fraction of sp³-hybridized carbons (Fsp3) is 0.562. The van der Waals surface area contributed by atoms with Gasteiger partial charge in [-0.25, -0.2) is 8.42 Å². The van der Waals surface area contributed by atoms with Gasteiger partial charge < -0.3 is 9.64 Å². The molecule has 1 fully saturated rings. The number of unbranched alkanes of at least 4 members (excludes halogenated alkanes) is 1. The molecule has 0 radical (unpaired) electrons. The summed E-state index contributed by atoms with van der Waals surface area (Å²) in [6.07, 6.45) is 2.10. The number of nitrogens with zero attached hydrogens (tertiary/aromatic N) is 2. The number of hydrogen-bond acceptors (Lipinski definition) is 6. The fourth-order valence-electron chi connectivity index (χ4n) is 2.78. The van der Waals surface area contributed by atoms with E-state index in [0.717, 1.165) is 12.8 Å². The van der Waals surface area contributed by atoms with E-state index in [1.807, 2.05) is 6.92 Å². The maximum Gasteiger partial charge on any atom is 0.273 e. The lowest BCUT2D eigenvalue weighted by Crippen LogP contribution is -2.44. The number of carbonyl (C=O) groups is 1. The van der Waals surface area contributed by atoms with Crippen molar-refractivity contribution in [1.29, 1.82) is 0 Å². The number of hydrogen-bond donors (Lipinski definition) is 0. The van der Waals surface area contributed by atoms with Gasteiger partial charge in [0, 0.05) is 18.7 Å². The van der Waals surface area contributed by atoms with E-state index < -0.39 is 14.8 Å². The van der Waals surface area contributed by atoms with E-state index in [1.165, 1.54) is 24.3 Å². The van der Waals surface area contributed by atoms with E-state index in [4.69, 9.17) is 4.74 Å². The van der Waals surface area contributed by atoms with Gasteiger partial charge in [-0.2, -0.15) is 0 Å². The molecule has 0 aromatic heterocycles. The Labute approximate surface area is 146 Å². The zero-order chi connectivity index (χ0) is 18.4. The van der Waals surface area contributed by atoms with Crippen molar-refractivity contribution in [3.05, 3.63) is 34.4 Å². The molecular formula is C16H22N2O6S. The van der Waals surface area contributed by atoms with Gasteiger partial charge in [0.1, 0.15) is 5.75 Å². The average molecular weight is 370 g/mol. The maximum atomic E-state index is 12.5. The Kier molecular flexibility index (Phi) is 6.35. The first-order valence-corrected chi connectivity index (χ1v) is 10.0. The van der Waals surface area contributed by atoms with Gasteiger partial charge in [0.05, 0.1) is 22.5 Å². The van der Waals surface area contributed by atoms with Crippen molar-refractivity contribution in [3.63, 3.8) is 0 Å². The highest BCUT2D eigenvalue weighted by Gasteiger charge is 2.34. The Balaban J connectivity index is 2.01. The summed E-state index contributed by atoms with van der Waals surface area (Å²) >= 11 is 0. The SMILES string of the molecule is CCCCN(C(=O)COc1cccc([N+](=O)[O-])c1)C1CCS(=O)(=O)C1. The highest BCUT2D eigenvalue weighted by atomic mass is 32.2.